The Kier molecular flexibility index (Phi) is 3.09. The van der Waals surface area contributed by atoms with Gasteiger partial charge in [0.25, 0.3) is 11.2 Å². The molecular formula is C12H10O6. The highest BCUT2D eigenvalue weighted by atomic mass is 16.6. The zero-order chi connectivity index (χ0) is 13.1. The van der Waals surface area contributed by atoms with E-state index in [0.29, 0.717) is 0 Å². The fraction of sp³-hybridized carbons (Fsp3) is 0.0833. The van der Waals surface area contributed by atoms with Gasteiger partial charge in [-0.3, -0.25) is 4.79 Å². The minimum atomic E-state index is -1.05. The van der Waals surface area contributed by atoms with E-state index >= 15 is 0 Å². The number of hydrogen-bond acceptors (Lipinski definition) is 6. The summed E-state index contributed by atoms with van der Waals surface area (Å²) < 4.78 is 9.41. The van der Waals surface area contributed by atoms with Crippen LogP contribution in [0.2, 0.25) is 0 Å². The van der Waals surface area contributed by atoms with Gasteiger partial charge in [0.15, 0.2) is 0 Å². The van der Waals surface area contributed by atoms with Gasteiger partial charge in [-0.25, -0.2) is 0 Å². The lowest BCUT2D eigenvalue weighted by molar-refractivity contribution is 0.201. The summed E-state index contributed by atoms with van der Waals surface area (Å²) in [5.41, 5.74) is -0.268. The molecule has 94 valence electrons. The molecule has 0 fully saturated rings. The number of hydrogen-bond donors (Lipinski definition) is 3. The smallest absolute Gasteiger partial charge is 0.333 e. The van der Waals surface area contributed by atoms with Crippen molar-refractivity contribution < 1.29 is 24.5 Å². The molecule has 3 N–H and O–H groups in total. The molecule has 2 aromatic rings. The third kappa shape index (κ3) is 2.22. The molecule has 2 rings (SSSR count). The molecule has 0 aliphatic rings. The van der Waals surface area contributed by atoms with Gasteiger partial charge in [-0.1, -0.05) is 30.3 Å². The molecule has 0 aliphatic heterocycles. The Morgan fingerprint density at radius 2 is 1.72 bits per heavy atom. The second-order valence-corrected chi connectivity index (χ2v) is 3.49. The fourth-order valence-corrected chi connectivity index (χ4v) is 1.35. The Labute approximate surface area is 101 Å². The first kappa shape index (κ1) is 11.8. The molecular weight excluding hydrogens is 240 g/mol. The Morgan fingerprint density at radius 1 is 1.06 bits per heavy atom. The van der Waals surface area contributed by atoms with Crippen molar-refractivity contribution in [2.45, 2.75) is 6.61 Å². The molecule has 1 aromatic heterocycles. The van der Waals surface area contributed by atoms with Crippen LogP contribution in [-0.2, 0) is 6.61 Å². The average molecular weight is 250 g/mol. The highest BCUT2D eigenvalue weighted by Crippen LogP contribution is 2.32. The molecule has 0 spiro atoms. The highest BCUT2D eigenvalue weighted by molar-refractivity contribution is 5.41. The standard InChI is InChI=1S/C12H10O6/c13-8-9(14)11(15)18-12(16)10(8)17-6-7-4-2-1-3-5-7/h1-5,14-16H,6H2. The summed E-state index contributed by atoms with van der Waals surface area (Å²) in [7, 11) is 0. The van der Waals surface area contributed by atoms with Crippen molar-refractivity contribution in [3.63, 3.8) is 0 Å². The third-order valence-electron chi connectivity index (χ3n) is 2.24. The Bertz CT molecular complexity index is 602. The highest BCUT2D eigenvalue weighted by Gasteiger charge is 2.19. The predicted molar refractivity (Wildman–Crippen MR) is 60.7 cm³/mol. The molecule has 0 aliphatic carbocycles. The van der Waals surface area contributed by atoms with Crippen molar-refractivity contribution >= 4 is 0 Å². The van der Waals surface area contributed by atoms with E-state index in [4.69, 9.17) is 14.9 Å². The van der Waals surface area contributed by atoms with Gasteiger partial charge >= 0.3 is 11.9 Å². The molecule has 0 unspecified atom stereocenters. The maximum Gasteiger partial charge on any atom is 0.333 e. The number of rotatable bonds is 3. The van der Waals surface area contributed by atoms with Gasteiger partial charge in [0.2, 0.25) is 5.75 Å². The average Bonchev–Trinajstić information content (AvgIpc) is 2.37. The summed E-state index contributed by atoms with van der Waals surface area (Å²) in [5.74, 6) is -3.49. The van der Waals surface area contributed by atoms with E-state index in [9.17, 15) is 9.90 Å². The first-order valence-corrected chi connectivity index (χ1v) is 5.04. The molecule has 0 amide bonds. The zero-order valence-corrected chi connectivity index (χ0v) is 9.16. The van der Waals surface area contributed by atoms with Gasteiger partial charge in [0, 0.05) is 0 Å². The quantitative estimate of drug-likeness (QED) is 0.760. The summed E-state index contributed by atoms with van der Waals surface area (Å²) in [6.07, 6.45) is 0. The van der Waals surface area contributed by atoms with Crippen molar-refractivity contribution in [3.8, 4) is 23.4 Å². The molecule has 6 nitrogen and oxygen atoms in total. The molecule has 1 heterocycles. The number of aromatic hydroxyl groups is 3. The monoisotopic (exact) mass is 250 g/mol. The summed E-state index contributed by atoms with van der Waals surface area (Å²) >= 11 is 0. The van der Waals surface area contributed by atoms with Crippen LogP contribution in [0.25, 0.3) is 0 Å². The van der Waals surface area contributed by atoms with E-state index < -0.39 is 28.8 Å². The summed E-state index contributed by atoms with van der Waals surface area (Å²) in [5, 5.41) is 27.4. The van der Waals surface area contributed by atoms with E-state index in [1.165, 1.54) is 0 Å². The van der Waals surface area contributed by atoms with Gasteiger partial charge in [-0.05, 0) is 5.56 Å². The van der Waals surface area contributed by atoms with Crippen molar-refractivity contribution in [2.75, 3.05) is 0 Å². The maximum atomic E-state index is 11.5. The van der Waals surface area contributed by atoms with Crippen molar-refractivity contribution in [2.24, 2.45) is 0 Å². The van der Waals surface area contributed by atoms with E-state index in [0.717, 1.165) is 5.56 Å². The topological polar surface area (TPSA) is 100 Å². The van der Waals surface area contributed by atoms with Crippen LogP contribution in [-0.4, -0.2) is 15.3 Å². The van der Waals surface area contributed by atoms with E-state index in [1.807, 2.05) is 6.07 Å². The largest absolute Gasteiger partial charge is 0.499 e. The molecule has 18 heavy (non-hydrogen) atoms. The van der Waals surface area contributed by atoms with Crippen LogP contribution >= 0.6 is 0 Å². The Balaban J connectivity index is 2.25. The second-order valence-electron chi connectivity index (χ2n) is 3.49. The SMILES string of the molecule is O=c1c(O)c(O)oc(O)c1OCc1ccccc1. The van der Waals surface area contributed by atoms with Crippen molar-refractivity contribution in [1.29, 1.82) is 0 Å². The first-order chi connectivity index (χ1) is 8.59. The van der Waals surface area contributed by atoms with E-state index in [1.54, 1.807) is 24.3 Å². The van der Waals surface area contributed by atoms with E-state index in [-0.39, 0.29) is 6.61 Å². The molecule has 0 saturated heterocycles. The molecule has 6 heteroatoms. The lowest BCUT2D eigenvalue weighted by atomic mass is 10.2. The lowest BCUT2D eigenvalue weighted by Crippen LogP contribution is -2.07. The molecule has 0 radical (unpaired) electrons. The van der Waals surface area contributed by atoms with Crippen LogP contribution in [0.5, 0.6) is 23.4 Å². The number of ether oxygens (including phenoxy) is 1. The lowest BCUT2D eigenvalue weighted by Gasteiger charge is -2.07. The molecule has 0 bridgehead atoms. The molecule has 0 saturated carbocycles. The zero-order valence-electron chi connectivity index (χ0n) is 9.16. The third-order valence-corrected chi connectivity index (χ3v) is 2.24. The Hall–Kier alpha value is -2.63. The second kappa shape index (κ2) is 4.70. The van der Waals surface area contributed by atoms with Gasteiger partial charge in [0.05, 0.1) is 0 Å². The van der Waals surface area contributed by atoms with Crippen LogP contribution in [0.1, 0.15) is 5.56 Å². The maximum absolute atomic E-state index is 11.5. The van der Waals surface area contributed by atoms with Crippen LogP contribution < -0.4 is 10.2 Å². The van der Waals surface area contributed by atoms with Gasteiger partial charge in [-0.2, -0.15) is 0 Å². The van der Waals surface area contributed by atoms with Gasteiger partial charge < -0.3 is 24.5 Å². The van der Waals surface area contributed by atoms with Gasteiger partial charge in [0.1, 0.15) is 6.61 Å². The summed E-state index contributed by atoms with van der Waals surface area (Å²) in [4.78, 5) is 11.5. The normalized spacial score (nSPS) is 10.2. The van der Waals surface area contributed by atoms with Crippen molar-refractivity contribution in [1.82, 2.24) is 0 Å². The van der Waals surface area contributed by atoms with Crippen LogP contribution in [0.15, 0.2) is 39.5 Å². The Morgan fingerprint density at radius 3 is 2.39 bits per heavy atom. The van der Waals surface area contributed by atoms with Crippen LogP contribution in [0.4, 0.5) is 0 Å². The molecule has 1 aromatic carbocycles. The summed E-state index contributed by atoms with van der Waals surface area (Å²) in [6.45, 7) is 0.0172. The number of benzene rings is 1. The predicted octanol–water partition coefficient (Wildman–Crippen LogP) is 1.34. The van der Waals surface area contributed by atoms with Crippen molar-refractivity contribution in [3.05, 3.63) is 46.1 Å². The van der Waals surface area contributed by atoms with Gasteiger partial charge in [-0.15, -0.1) is 0 Å². The fourth-order valence-electron chi connectivity index (χ4n) is 1.35. The minimum absolute atomic E-state index is 0.0172. The summed E-state index contributed by atoms with van der Waals surface area (Å²) in [6, 6.07) is 8.92. The first-order valence-electron chi connectivity index (χ1n) is 5.04. The van der Waals surface area contributed by atoms with Crippen LogP contribution in [0, 0.1) is 0 Å². The van der Waals surface area contributed by atoms with Crippen LogP contribution in [0.3, 0.4) is 0 Å². The molecule has 0 atom stereocenters. The minimum Gasteiger partial charge on any atom is -0.499 e. The van der Waals surface area contributed by atoms with E-state index in [2.05, 4.69) is 4.42 Å².